The summed E-state index contributed by atoms with van der Waals surface area (Å²) >= 11 is 6.14. The van der Waals surface area contributed by atoms with Crippen molar-refractivity contribution in [3.63, 3.8) is 0 Å². The number of ether oxygens (including phenoxy) is 2. The van der Waals surface area contributed by atoms with Crippen LogP contribution in [0.5, 0.6) is 11.5 Å². The smallest absolute Gasteiger partial charge is 0.153 e. The van der Waals surface area contributed by atoms with Crippen molar-refractivity contribution in [2.45, 2.75) is 32.9 Å². The highest BCUT2D eigenvalue weighted by Gasteiger charge is 2.18. The van der Waals surface area contributed by atoms with Gasteiger partial charge in [-0.25, -0.2) is 4.98 Å². The van der Waals surface area contributed by atoms with Crippen molar-refractivity contribution in [2.75, 3.05) is 6.61 Å². The monoisotopic (exact) mass is 420 g/mol. The van der Waals surface area contributed by atoms with Gasteiger partial charge in [-0.15, -0.1) is 0 Å². The van der Waals surface area contributed by atoms with Gasteiger partial charge in [0.1, 0.15) is 11.5 Å². The van der Waals surface area contributed by atoms with Crippen LogP contribution >= 0.6 is 11.6 Å². The molecular formula is C25H25ClN2O2. The fourth-order valence-electron chi connectivity index (χ4n) is 3.52. The lowest BCUT2D eigenvalue weighted by Gasteiger charge is -2.17. The van der Waals surface area contributed by atoms with Crippen LogP contribution in [0.15, 0.2) is 72.8 Å². The molecule has 154 valence electrons. The second-order valence-electron chi connectivity index (χ2n) is 7.30. The second-order valence-corrected chi connectivity index (χ2v) is 7.70. The minimum absolute atomic E-state index is 0.201. The van der Waals surface area contributed by atoms with E-state index >= 15 is 0 Å². The number of aryl methyl sites for hydroxylation is 2. The van der Waals surface area contributed by atoms with Gasteiger partial charge >= 0.3 is 0 Å². The van der Waals surface area contributed by atoms with Crippen LogP contribution in [0.2, 0.25) is 5.02 Å². The number of hydrogen-bond donors (Lipinski definition) is 0. The fraction of sp³-hybridized carbons (Fsp3) is 0.240. The molecule has 0 saturated carbocycles. The Morgan fingerprint density at radius 2 is 1.73 bits per heavy atom. The summed E-state index contributed by atoms with van der Waals surface area (Å²) in [7, 11) is 0. The number of fused-ring (bicyclic) bond motifs is 1. The normalized spacial score (nSPS) is 12.1. The first-order valence-electron chi connectivity index (χ1n) is 10.2. The Morgan fingerprint density at radius 3 is 2.53 bits per heavy atom. The molecule has 0 amide bonds. The van der Waals surface area contributed by atoms with E-state index in [-0.39, 0.29) is 6.10 Å². The zero-order valence-corrected chi connectivity index (χ0v) is 18.0. The molecule has 0 radical (unpaired) electrons. The van der Waals surface area contributed by atoms with E-state index < -0.39 is 0 Å². The maximum atomic E-state index is 6.21. The Morgan fingerprint density at radius 1 is 0.967 bits per heavy atom. The fourth-order valence-corrected chi connectivity index (χ4v) is 3.63. The van der Waals surface area contributed by atoms with Crippen LogP contribution in [-0.2, 0) is 6.54 Å². The number of benzene rings is 3. The average molecular weight is 421 g/mol. The minimum atomic E-state index is -0.201. The predicted molar refractivity (Wildman–Crippen MR) is 122 cm³/mol. The molecular weight excluding hydrogens is 396 g/mol. The molecule has 30 heavy (non-hydrogen) atoms. The van der Waals surface area contributed by atoms with E-state index in [9.17, 15) is 0 Å². The molecule has 0 aliphatic heterocycles. The van der Waals surface area contributed by atoms with Crippen LogP contribution < -0.4 is 9.47 Å². The molecule has 0 N–H and O–H groups in total. The largest absolute Gasteiger partial charge is 0.494 e. The van der Waals surface area contributed by atoms with Crippen molar-refractivity contribution in [3.05, 3.63) is 89.2 Å². The van der Waals surface area contributed by atoms with Crippen molar-refractivity contribution < 1.29 is 9.47 Å². The lowest BCUT2D eigenvalue weighted by molar-refractivity contribution is 0.210. The third-order valence-electron chi connectivity index (χ3n) is 5.03. The summed E-state index contributed by atoms with van der Waals surface area (Å²) in [4.78, 5) is 4.86. The van der Waals surface area contributed by atoms with E-state index in [0.717, 1.165) is 51.9 Å². The number of hydrogen-bond acceptors (Lipinski definition) is 3. The van der Waals surface area contributed by atoms with Crippen molar-refractivity contribution in [2.24, 2.45) is 0 Å². The van der Waals surface area contributed by atoms with Gasteiger partial charge in [-0.05, 0) is 68.3 Å². The van der Waals surface area contributed by atoms with Gasteiger partial charge in [0.15, 0.2) is 11.9 Å². The predicted octanol–water partition coefficient (Wildman–Crippen LogP) is 6.61. The Labute approximate surface area is 182 Å². The molecule has 0 saturated heterocycles. The van der Waals surface area contributed by atoms with Gasteiger partial charge in [-0.3, -0.25) is 0 Å². The van der Waals surface area contributed by atoms with Crippen molar-refractivity contribution >= 4 is 22.6 Å². The number of rotatable bonds is 8. The summed E-state index contributed by atoms with van der Waals surface area (Å²) in [5.41, 5.74) is 3.07. The summed E-state index contributed by atoms with van der Waals surface area (Å²) in [6, 6.07) is 23.8. The molecule has 1 atom stereocenters. The Bertz CT molecular complexity index is 1120. The van der Waals surface area contributed by atoms with Gasteiger partial charge in [0.05, 0.1) is 17.6 Å². The molecule has 0 aliphatic carbocycles. The lowest BCUT2D eigenvalue weighted by Crippen LogP contribution is -2.13. The molecule has 1 unspecified atom stereocenters. The van der Waals surface area contributed by atoms with Gasteiger partial charge in [0, 0.05) is 11.6 Å². The standard InChI is InChI=1S/C25H25ClN2O2/c1-18-17-21(13-14-22(18)26)30-19(2)25-27-23-11-6-7-12-24(23)28(25)15-8-16-29-20-9-4-3-5-10-20/h3-7,9-14,17,19H,8,15-16H2,1-2H3. The molecule has 4 nitrogen and oxygen atoms in total. The van der Waals surface area contributed by atoms with Gasteiger partial charge in [-0.2, -0.15) is 0 Å². The number of nitrogens with zero attached hydrogens (tertiary/aromatic N) is 2. The first kappa shape index (κ1) is 20.3. The Balaban J connectivity index is 1.51. The first-order valence-corrected chi connectivity index (χ1v) is 10.6. The van der Waals surface area contributed by atoms with Crippen LogP contribution in [0, 0.1) is 6.92 Å². The van der Waals surface area contributed by atoms with Gasteiger partial charge in [0.2, 0.25) is 0 Å². The lowest BCUT2D eigenvalue weighted by atomic mass is 10.2. The van der Waals surface area contributed by atoms with E-state index in [1.165, 1.54) is 0 Å². The van der Waals surface area contributed by atoms with E-state index in [2.05, 4.69) is 10.6 Å². The van der Waals surface area contributed by atoms with Crippen LogP contribution in [-0.4, -0.2) is 16.2 Å². The van der Waals surface area contributed by atoms with Crippen LogP contribution in [0.3, 0.4) is 0 Å². The van der Waals surface area contributed by atoms with Crippen LogP contribution in [0.4, 0.5) is 0 Å². The Hall–Kier alpha value is -2.98. The molecule has 0 bridgehead atoms. The van der Waals surface area contributed by atoms with Gasteiger partial charge in [0.25, 0.3) is 0 Å². The van der Waals surface area contributed by atoms with E-state index in [1.54, 1.807) is 0 Å². The molecule has 4 aromatic rings. The number of halogens is 1. The number of para-hydroxylation sites is 3. The summed E-state index contributed by atoms with van der Waals surface area (Å²) in [6.07, 6.45) is 0.669. The minimum Gasteiger partial charge on any atom is -0.494 e. The summed E-state index contributed by atoms with van der Waals surface area (Å²) in [5, 5.41) is 0.737. The number of imidazole rings is 1. The molecule has 5 heteroatoms. The summed E-state index contributed by atoms with van der Waals surface area (Å²) < 4.78 is 14.3. The number of aromatic nitrogens is 2. The third-order valence-corrected chi connectivity index (χ3v) is 5.45. The molecule has 1 aromatic heterocycles. The molecule has 0 spiro atoms. The highest BCUT2D eigenvalue weighted by Crippen LogP contribution is 2.28. The van der Waals surface area contributed by atoms with Crippen molar-refractivity contribution in [1.82, 2.24) is 9.55 Å². The summed E-state index contributed by atoms with van der Waals surface area (Å²) in [5.74, 6) is 2.59. The van der Waals surface area contributed by atoms with Crippen molar-refractivity contribution in [1.29, 1.82) is 0 Å². The molecule has 4 rings (SSSR count). The van der Waals surface area contributed by atoms with Gasteiger partial charge < -0.3 is 14.0 Å². The SMILES string of the molecule is Cc1cc(OC(C)c2nc3ccccc3n2CCCOc2ccccc2)ccc1Cl. The van der Waals surface area contributed by atoms with E-state index in [0.29, 0.717) is 6.61 Å². The zero-order chi connectivity index (χ0) is 20.9. The maximum absolute atomic E-state index is 6.21. The Kier molecular flexibility index (Phi) is 6.24. The highest BCUT2D eigenvalue weighted by atomic mass is 35.5. The summed E-state index contributed by atoms with van der Waals surface area (Å²) in [6.45, 7) is 5.45. The van der Waals surface area contributed by atoms with Crippen molar-refractivity contribution in [3.8, 4) is 11.5 Å². The topological polar surface area (TPSA) is 36.3 Å². The maximum Gasteiger partial charge on any atom is 0.153 e. The highest BCUT2D eigenvalue weighted by molar-refractivity contribution is 6.31. The average Bonchev–Trinajstić information content (AvgIpc) is 3.13. The van der Waals surface area contributed by atoms with E-state index in [1.807, 2.05) is 80.6 Å². The molecule has 0 aliphatic rings. The quantitative estimate of drug-likeness (QED) is 0.301. The van der Waals surface area contributed by atoms with Crippen LogP contribution in [0.1, 0.15) is 30.8 Å². The molecule has 1 heterocycles. The van der Waals surface area contributed by atoms with Gasteiger partial charge in [-0.1, -0.05) is 41.9 Å². The molecule has 3 aromatic carbocycles. The zero-order valence-electron chi connectivity index (χ0n) is 17.2. The molecule has 0 fully saturated rings. The third kappa shape index (κ3) is 4.60. The van der Waals surface area contributed by atoms with E-state index in [4.69, 9.17) is 26.1 Å². The first-order chi connectivity index (χ1) is 14.6. The van der Waals surface area contributed by atoms with Crippen LogP contribution in [0.25, 0.3) is 11.0 Å². The second kappa shape index (κ2) is 9.23.